The number of rotatable bonds is 3. The zero-order chi connectivity index (χ0) is 14.4. The third-order valence-corrected chi connectivity index (χ3v) is 4.42. The number of carbonyl (C=O) groups excluding carboxylic acids is 1. The predicted molar refractivity (Wildman–Crippen MR) is 77.9 cm³/mol. The molecule has 1 saturated carbocycles. The Labute approximate surface area is 123 Å². The van der Waals surface area contributed by atoms with Gasteiger partial charge in [0, 0.05) is 49.9 Å². The number of amides is 1. The standard InChI is InChI=1S/C15H19N5O/c1-19-8-13(14(18-19)10-2-3-10)17-15(21)11-4-5-20-9-16-7-12(20)6-11/h7-11H,2-6H2,1H3,(H,17,21). The summed E-state index contributed by atoms with van der Waals surface area (Å²) in [6.45, 7) is 0.871. The minimum atomic E-state index is 0.0291. The molecule has 1 amide bonds. The second-order valence-corrected chi connectivity index (χ2v) is 6.13. The van der Waals surface area contributed by atoms with Crippen LogP contribution in [0.15, 0.2) is 18.7 Å². The van der Waals surface area contributed by atoms with E-state index in [1.807, 2.05) is 25.8 Å². The van der Waals surface area contributed by atoms with E-state index in [9.17, 15) is 4.79 Å². The average molecular weight is 285 g/mol. The lowest BCUT2D eigenvalue weighted by Crippen LogP contribution is -2.30. The Bertz CT molecular complexity index is 682. The monoisotopic (exact) mass is 285 g/mol. The van der Waals surface area contributed by atoms with Crippen molar-refractivity contribution in [2.24, 2.45) is 13.0 Å². The molecule has 0 bridgehead atoms. The van der Waals surface area contributed by atoms with Crippen LogP contribution in [0.5, 0.6) is 0 Å². The second-order valence-electron chi connectivity index (χ2n) is 6.13. The highest BCUT2D eigenvalue weighted by atomic mass is 16.1. The van der Waals surface area contributed by atoms with E-state index in [-0.39, 0.29) is 11.8 Å². The molecule has 1 aliphatic carbocycles. The molecule has 4 rings (SSSR count). The largest absolute Gasteiger partial charge is 0.335 e. The average Bonchev–Trinajstić information content (AvgIpc) is 3.09. The molecule has 0 spiro atoms. The smallest absolute Gasteiger partial charge is 0.228 e. The first kappa shape index (κ1) is 12.6. The summed E-state index contributed by atoms with van der Waals surface area (Å²) in [5.41, 5.74) is 3.09. The van der Waals surface area contributed by atoms with Gasteiger partial charge in [0.1, 0.15) is 0 Å². The van der Waals surface area contributed by atoms with E-state index in [0.717, 1.165) is 36.5 Å². The molecule has 3 heterocycles. The van der Waals surface area contributed by atoms with Gasteiger partial charge in [0.2, 0.25) is 5.91 Å². The van der Waals surface area contributed by atoms with Gasteiger partial charge in [0.05, 0.1) is 17.7 Å². The van der Waals surface area contributed by atoms with Gasteiger partial charge in [-0.2, -0.15) is 5.10 Å². The Morgan fingerprint density at radius 2 is 2.24 bits per heavy atom. The third kappa shape index (κ3) is 2.34. The Morgan fingerprint density at radius 1 is 1.38 bits per heavy atom. The molecule has 1 atom stereocenters. The minimum absolute atomic E-state index is 0.0291. The van der Waals surface area contributed by atoms with Crippen LogP contribution in [-0.4, -0.2) is 25.2 Å². The van der Waals surface area contributed by atoms with E-state index in [1.165, 1.54) is 12.8 Å². The van der Waals surface area contributed by atoms with Gasteiger partial charge < -0.3 is 9.88 Å². The minimum Gasteiger partial charge on any atom is -0.335 e. The number of nitrogens with one attached hydrogen (secondary N) is 1. The van der Waals surface area contributed by atoms with Crippen LogP contribution >= 0.6 is 0 Å². The van der Waals surface area contributed by atoms with Gasteiger partial charge in [0.15, 0.2) is 0 Å². The molecule has 110 valence electrons. The third-order valence-electron chi connectivity index (χ3n) is 4.42. The summed E-state index contributed by atoms with van der Waals surface area (Å²) in [5, 5.41) is 7.58. The molecule has 2 aliphatic rings. The number of anilines is 1. The molecule has 0 radical (unpaired) electrons. The summed E-state index contributed by atoms with van der Waals surface area (Å²) in [6, 6.07) is 0. The molecule has 6 nitrogen and oxygen atoms in total. The number of aryl methyl sites for hydroxylation is 2. The number of nitrogens with zero attached hydrogens (tertiary/aromatic N) is 4. The predicted octanol–water partition coefficient (Wildman–Crippen LogP) is 1.70. The van der Waals surface area contributed by atoms with Gasteiger partial charge in [-0.25, -0.2) is 4.98 Å². The van der Waals surface area contributed by atoms with Crippen molar-refractivity contribution in [3.8, 4) is 0 Å². The van der Waals surface area contributed by atoms with Crippen molar-refractivity contribution in [2.75, 3.05) is 5.32 Å². The van der Waals surface area contributed by atoms with Gasteiger partial charge in [0.25, 0.3) is 0 Å². The number of fused-ring (bicyclic) bond motifs is 1. The van der Waals surface area contributed by atoms with Gasteiger partial charge >= 0.3 is 0 Å². The zero-order valence-electron chi connectivity index (χ0n) is 12.1. The molecule has 2 aromatic rings. The fraction of sp³-hybridized carbons (Fsp3) is 0.533. The van der Waals surface area contributed by atoms with E-state index in [4.69, 9.17) is 0 Å². The van der Waals surface area contributed by atoms with Crippen molar-refractivity contribution in [1.29, 1.82) is 0 Å². The lowest BCUT2D eigenvalue weighted by atomic mass is 9.95. The van der Waals surface area contributed by atoms with Crippen molar-refractivity contribution in [1.82, 2.24) is 19.3 Å². The van der Waals surface area contributed by atoms with Gasteiger partial charge in [-0.1, -0.05) is 0 Å². The van der Waals surface area contributed by atoms with Crippen LogP contribution < -0.4 is 5.32 Å². The number of hydrogen-bond acceptors (Lipinski definition) is 3. The molecular weight excluding hydrogens is 266 g/mol. The molecule has 21 heavy (non-hydrogen) atoms. The number of carbonyl (C=O) groups is 1. The van der Waals surface area contributed by atoms with Crippen molar-refractivity contribution >= 4 is 11.6 Å². The van der Waals surface area contributed by atoms with Crippen molar-refractivity contribution in [3.63, 3.8) is 0 Å². The molecule has 1 unspecified atom stereocenters. The van der Waals surface area contributed by atoms with Crippen LogP contribution in [0, 0.1) is 5.92 Å². The number of aromatic nitrogens is 4. The maximum Gasteiger partial charge on any atom is 0.228 e. The first-order valence-corrected chi connectivity index (χ1v) is 7.54. The molecule has 1 fully saturated rings. The first-order chi connectivity index (χ1) is 10.2. The Morgan fingerprint density at radius 3 is 3.05 bits per heavy atom. The Kier molecular flexibility index (Phi) is 2.83. The molecular formula is C15H19N5O. The van der Waals surface area contributed by atoms with Gasteiger partial charge in [-0.05, 0) is 19.3 Å². The SMILES string of the molecule is Cn1cc(NC(=O)C2CCn3cncc3C2)c(C2CC2)n1. The van der Waals surface area contributed by atoms with E-state index in [1.54, 1.807) is 4.68 Å². The molecule has 1 aliphatic heterocycles. The quantitative estimate of drug-likeness (QED) is 0.933. The molecule has 0 saturated heterocycles. The van der Waals surface area contributed by atoms with Gasteiger partial charge in [-0.3, -0.25) is 9.48 Å². The fourth-order valence-corrected chi connectivity index (χ4v) is 3.09. The van der Waals surface area contributed by atoms with Crippen molar-refractivity contribution in [2.45, 2.75) is 38.1 Å². The normalized spacial score (nSPS) is 21.1. The maximum atomic E-state index is 12.5. The van der Waals surface area contributed by atoms with E-state index >= 15 is 0 Å². The van der Waals surface area contributed by atoms with Crippen LogP contribution in [0.4, 0.5) is 5.69 Å². The molecule has 6 heteroatoms. The Hall–Kier alpha value is -2.11. The summed E-state index contributed by atoms with van der Waals surface area (Å²) < 4.78 is 3.92. The lowest BCUT2D eigenvalue weighted by molar-refractivity contribution is -0.120. The summed E-state index contributed by atoms with van der Waals surface area (Å²) >= 11 is 0. The highest BCUT2D eigenvalue weighted by Crippen LogP contribution is 2.42. The van der Waals surface area contributed by atoms with E-state index < -0.39 is 0 Å². The molecule has 1 N–H and O–H groups in total. The summed E-state index contributed by atoms with van der Waals surface area (Å²) in [5.74, 6) is 0.674. The number of hydrogen-bond donors (Lipinski definition) is 1. The fourth-order valence-electron chi connectivity index (χ4n) is 3.09. The Balaban J connectivity index is 1.49. The van der Waals surface area contributed by atoms with Crippen LogP contribution in [0.2, 0.25) is 0 Å². The highest BCUT2D eigenvalue weighted by molar-refractivity contribution is 5.93. The first-order valence-electron chi connectivity index (χ1n) is 7.54. The van der Waals surface area contributed by atoms with Crippen LogP contribution in [0.25, 0.3) is 0 Å². The van der Waals surface area contributed by atoms with Crippen molar-refractivity contribution < 1.29 is 4.79 Å². The van der Waals surface area contributed by atoms with E-state index in [2.05, 4.69) is 20.0 Å². The maximum absolute atomic E-state index is 12.5. The van der Waals surface area contributed by atoms with Gasteiger partial charge in [-0.15, -0.1) is 0 Å². The van der Waals surface area contributed by atoms with E-state index in [0.29, 0.717) is 5.92 Å². The van der Waals surface area contributed by atoms with Crippen molar-refractivity contribution in [3.05, 3.63) is 30.1 Å². The topological polar surface area (TPSA) is 64.7 Å². The van der Waals surface area contributed by atoms with Crippen LogP contribution in [0.3, 0.4) is 0 Å². The lowest BCUT2D eigenvalue weighted by Gasteiger charge is -2.22. The van der Waals surface area contributed by atoms with Crippen LogP contribution in [-0.2, 0) is 24.8 Å². The summed E-state index contributed by atoms with van der Waals surface area (Å²) in [6.07, 6.45) is 9.62. The number of imidazole rings is 1. The van der Waals surface area contributed by atoms with Crippen LogP contribution in [0.1, 0.15) is 36.6 Å². The summed E-state index contributed by atoms with van der Waals surface area (Å²) in [4.78, 5) is 16.7. The molecule has 0 aromatic carbocycles. The molecule has 2 aromatic heterocycles. The second kappa shape index (κ2) is 4.72. The summed E-state index contributed by atoms with van der Waals surface area (Å²) in [7, 11) is 1.90. The zero-order valence-corrected chi connectivity index (χ0v) is 12.1. The highest BCUT2D eigenvalue weighted by Gasteiger charge is 2.31.